The minimum atomic E-state index is -0.771. The van der Waals surface area contributed by atoms with Gasteiger partial charge in [-0.05, 0) is 19.4 Å². The molecule has 1 aromatic heterocycles. The molecule has 90 valence electrons. The lowest BCUT2D eigenvalue weighted by Gasteiger charge is -2.06. The van der Waals surface area contributed by atoms with E-state index in [4.69, 9.17) is 0 Å². The summed E-state index contributed by atoms with van der Waals surface area (Å²) >= 11 is 1.42. The maximum atomic E-state index is 12.2. The van der Waals surface area contributed by atoms with Crippen LogP contribution in [0, 0.1) is 25.2 Å². The van der Waals surface area contributed by atoms with Gasteiger partial charge >= 0.3 is 0 Å². The van der Waals surface area contributed by atoms with Crippen LogP contribution in [-0.4, -0.2) is 10.8 Å². The number of carbonyl (C=O) groups is 1. The molecule has 1 atom stereocenters. The highest BCUT2D eigenvalue weighted by molar-refractivity contribution is 7.09. The molecule has 18 heavy (non-hydrogen) atoms. The Balaban J connectivity index is 2.32. The molecule has 1 aromatic carbocycles. The summed E-state index contributed by atoms with van der Waals surface area (Å²) in [4.78, 5) is 16.3. The van der Waals surface area contributed by atoms with Gasteiger partial charge in [-0.25, -0.2) is 4.98 Å². The fourth-order valence-electron chi connectivity index (χ4n) is 1.67. The third kappa shape index (κ3) is 2.47. The van der Waals surface area contributed by atoms with Crippen LogP contribution in [0.15, 0.2) is 29.6 Å². The van der Waals surface area contributed by atoms with Gasteiger partial charge in [-0.15, -0.1) is 11.3 Å². The van der Waals surface area contributed by atoms with E-state index in [1.165, 1.54) is 11.3 Å². The van der Waals surface area contributed by atoms with E-state index in [0.29, 0.717) is 5.69 Å². The van der Waals surface area contributed by atoms with Gasteiger partial charge in [0.2, 0.25) is 5.78 Å². The van der Waals surface area contributed by atoms with Crippen molar-refractivity contribution >= 4 is 17.1 Å². The van der Waals surface area contributed by atoms with Crippen molar-refractivity contribution in [3.05, 3.63) is 51.5 Å². The number of hydrogen-bond acceptors (Lipinski definition) is 4. The number of hydrogen-bond donors (Lipinski definition) is 0. The number of aromatic nitrogens is 1. The van der Waals surface area contributed by atoms with Crippen LogP contribution in [0.2, 0.25) is 0 Å². The molecule has 0 saturated carbocycles. The highest BCUT2D eigenvalue weighted by Crippen LogP contribution is 2.21. The number of aryl methyl sites for hydroxylation is 2. The number of nitriles is 1. The van der Waals surface area contributed by atoms with Gasteiger partial charge in [0, 0.05) is 5.38 Å². The zero-order valence-electron chi connectivity index (χ0n) is 10.2. The molecule has 0 amide bonds. The van der Waals surface area contributed by atoms with Crippen molar-refractivity contribution in [1.82, 2.24) is 4.98 Å². The molecule has 0 N–H and O–H groups in total. The average Bonchev–Trinajstić information content (AvgIpc) is 2.79. The molecule has 0 fully saturated rings. The number of rotatable bonds is 3. The van der Waals surface area contributed by atoms with Crippen molar-refractivity contribution < 1.29 is 4.79 Å². The molecule has 0 radical (unpaired) electrons. The van der Waals surface area contributed by atoms with Crippen molar-refractivity contribution in [1.29, 1.82) is 5.26 Å². The Morgan fingerprint density at radius 2 is 2.00 bits per heavy atom. The molecular weight excluding hydrogens is 244 g/mol. The molecule has 0 aliphatic heterocycles. The summed E-state index contributed by atoms with van der Waals surface area (Å²) in [6, 6.07) is 9.50. The molecular formula is C14H12N2OS. The largest absolute Gasteiger partial charge is 0.291 e. The van der Waals surface area contributed by atoms with Crippen molar-refractivity contribution in [3.8, 4) is 6.07 Å². The summed E-state index contributed by atoms with van der Waals surface area (Å²) in [6.45, 7) is 3.81. The molecule has 0 aliphatic carbocycles. The van der Waals surface area contributed by atoms with E-state index in [1.54, 1.807) is 5.38 Å². The van der Waals surface area contributed by atoms with Crippen LogP contribution in [0.3, 0.4) is 0 Å². The Morgan fingerprint density at radius 1 is 1.33 bits per heavy atom. The quantitative estimate of drug-likeness (QED) is 0.792. The first kappa shape index (κ1) is 12.5. The highest BCUT2D eigenvalue weighted by atomic mass is 32.1. The van der Waals surface area contributed by atoms with Crippen LogP contribution in [0.4, 0.5) is 0 Å². The fourth-order valence-corrected chi connectivity index (χ4v) is 2.27. The van der Waals surface area contributed by atoms with Crippen LogP contribution in [-0.2, 0) is 0 Å². The normalized spacial score (nSPS) is 11.8. The minimum absolute atomic E-state index is 0.231. The first-order valence-corrected chi connectivity index (χ1v) is 6.42. The predicted octanol–water partition coefficient (Wildman–Crippen LogP) is 3.25. The zero-order chi connectivity index (χ0) is 13.1. The monoisotopic (exact) mass is 256 g/mol. The maximum absolute atomic E-state index is 12.2. The van der Waals surface area contributed by atoms with E-state index >= 15 is 0 Å². The minimum Gasteiger partial charge on any atom is -0.291 e. The van der Waals surface area contributed by atoms with Crippen molar-refractivity contribution in [2.45, 2.75) is 19.8 Å². The molecule has 2 aromatic rings. The molecule has 3 nitrogen and oxygen atoms in total. The third-order valence-corrected chi connectivity index (χ3v) is 3.45. The lowest BCUT2D eigenvalue weighted by molar-refractivity contribution is 0.0974. The molecule has 4 heteroatoms. The van der Waals surface area contributed by atoms with Crippen LogP contribution >= 0.6 is 11.3 Å². The molecule has 1 unspecified atom stereocenters. The molecule has 2 rings (SSSR count). The van der Waals surface area contributed by atoms with Crippen LogP contribution in [0.5, 0.6) is 0 Å². The second kappa shape index (κ2) is 5.11. The maximum Gasteiger partial charge on any atom is 0.203 e. The lowest BCUT2D eigenvalue weighted by atomic mass is 9.94. The van der Waals surface area contributed by atoms with Gasteiger partial charge in [0.1, 0.15) is 11.6 Å². The number of ketones is 1. The van der Waals surface area contributed by atoms with Crippen LogP contribution in [0.25, 0.3) is 0 Å². The van der Waals surface area contributed by atoms with Gasteiger partial charge in [-0.1, -0.05) is 29.8 Å². The molecule has 0 bridgehead atoms. The second-order valence-corrected chi connectivity index (χ2v) is 5.15. The molecule has 0 saturated heterocycles. The molecule has 0 aliphatic rings. The summed E-state index contributed by atoms with van der Waals surface area (Å²) in [6.07, 6.45) is 0. The highest BCUT2D eigenvalue weighted by Gasteiger charge is 2.23. The number of nitrogens with zero attached hydrogens (tertiary/aromatic N) is 2. The van der Waals surface area contributed by atoms with E-state index in [9.17, 15) is 10.1 Å². The topological polar surface area (TPSA) is 53.8 Å². The van der Waals surface area contributed by atoms with E-state index in [-0.39, 0.29) is 5.78 Å². The summed E-state index contributed by atoms with van der Waals surface area (Å²) < 4.78 is 0. The second-order valence-electron chi connectivity index (χ2n) is 4.09. The zero-order valence-corrected chi connectivity index (χ0v) is 11.0. The molecule has 0 spiro atoms. The van der Waals surface area contributed by atoms with E-state index in [0.717, 1.165) is 16.1 Å². The number of thiazole rings is 1. The van der Waals surface area contributed by atoms with Crippen molar-refractivity contribution in [2.75, 3.05) is 0 Å². The summed E-state index contributed by atoms with van der Waals surface area (Å²) in [5.41, 5.74) is 2.20. The van der Waals surface area contributed by atoms with Crippen LogP contribution < -0.4 is 0 Å². The smallest absolute Gasteiger partial charge is 0.203 e. The Morgan fingerprint density at radius 3 is 2.50 bits per heavy atom. The summed E-state index contributed by atoms with van der Waals surface area (Å²) in [7, 11) is 0. The summed E-state index contributed by atoms with van der Waals surface area (Å²) in [5.74, 6) is -1.00. The van der Waals surface area contributed by atoms with E-state index in [1.807, 2.05) is 38.1 Å². The Labute approximate surface area is 110 Å². The average molecular weight is 256 g/mol. The SMILES string of the molecule is Cc1ccc(C(C#N)C(=O)c2csc(C)n2)cc1. The Bertz CT molecular complexity index is 607. The van der Waals surface area contributed by atoms with E-state index in [2.05, 4.69) is 11.1 Å². The number of carbonyl (C=O) groups excluding carboxylic acids is 1. The van der Waals surface area contributed by atoms with Crippen molar-refractivity contribution in [2.24, 2.45) is 0 Å². The summed E-state index contributed by atoms with van der Waals surface area (Å²) in [5, 5.41) is 11.7. The Hall–Kier alpha value is -1.99. The van der Waals surface area contributed by atoms with Crippen molar-refractivity contribution in [3.63, 3.8) is 0 Å². The Kier molecular flexibility index (Phi) is 3.54. The third-order valence-electron chi connectivity index (χ3n) is 2.67. The number of Topliss-reactive ketones (excluding diaryl/α,β-unsaturated/α-hetero) is 1. The first-order chi connectivity index (χ1) is 8.61. The van der Waals surface area contributed by atoms with E-state index < -0.39 is 5.92 Å². The first-order valence-electron chi connectivity index (χ1n) is 5.54. The van der Waals surface area contributed by atoms with Crippen LogP contribution in [0.1, 0.15) is 32.5 Å². The van der Waals surface area contributed by atoms with Gasteiger partial charge < -0.3 is 0 Å². The fraction of sp³-hybridized carbons (Fsp3) is 0.214. The van der Waals surface area contributed by atoms with Gasteiger partial charge in [-0.3, -0.25) is 4.79 Å². The molecule has 1 heterocycles. The van der Waals surface area contributed by atoms with Gasteiger partial charge in [0.15, 0.2) is 0 Å². The number of benzene rings is 1. The van der Waals surface area contributed by atoms with Gasteiger partial charge in [0.05, 0.1) is 11.1 Å². The van der Waals surface area contributed by atoms with Gasteiger partial charge in [-0.2, -0.15) is 5.26 Å². The van der Waals surface area contributed by atoms with Gasteiger partial charge in [0.25, 0.3) is 0 Å². The predicted molar refractivity (Wildman–Crippen MR) is 70.7 cm³/mol. The lowest BCUT2D eigenvalue weighted by Crippen LogP contribution is -2.11. The standard InChI is InChI=1S/C14H12N2OS/c1-9-3-5-11(6-4-9)12(7-15)14(17)13-8-18-10(2)16-13/h3-6,8,12H,1-2H3.